The van der Waals surface area contributed by atoms with Crippen LogP contribution in [0.1, 0.15) is 37.6 Å². The van der Waals surface area contributed by atoms with E-state index in [4.69, 9.17) is 0 Å². The highest BCUT2D eigenvalue weighted by atomic mass is 16.3. The van der Waals surface area contributed by atoms with Gasteiger partial charge in [-0.15, -0.1) is 0 Å². The maximum atomic E-state index is 12.0. The van der Waals surface area contributed by atoms with Gasteiger partial charge in [0.05, 0.1) is 5.60 Å². The minimum absolute atomic E-state index is 0.0990. The number of carbonyl (C=O) groups is 2. The zero-order valence-electron chi connectivity index (χ0n) is 12.1. The van der Waals surface area contributed by atoms with Crippen molar-refractivity contribution in [3.05, 3.63) is 29.8 Å². The van der Waals surface area contributed by atoms with Crippen LogP contribution in [0.3, 0.4) is 0 Å². The Balaban J connectivity index is 2.60. The molecule has 1 aromatic carbocycles. The highest BCUT2D eigenvalue weighted by molar-refractivity contribution is 5.94. The summed E-state index contributed by atoms with van der Waals surface area (Å²) < 4.78 is 0. The molecule has 0 fully saturated rings. The molecule has 0 spiro atoms. The fraction of sp³-hybridized carbons (Fsp3) is 0.467. The minimum Gasteiger partial charge on any atom is -0.388 e. The topological polar surface area (TPSA) is 78.4 Å². The molecule has 20 heavy (non-hydrogen) atoms. The molecule has 0 aliphatic heterocycles. The lowest BCUT2D eigenvalue weighted by molar-refractivity contribution is -0.105. The van der Waals surface area contributed by atoms with Gasteiger partial charge in [-0.2, -0.15) is 0 Å². The predicted molar refractivity (Wildman–Crippen MR) is 78.5 cm³/mol. The third kappa shape index (κ3) is 4.35. The molecule has 2 amide bonds. The van der Waals surface area contributed by atoms with E-state index in [1.165, 1.54) is 0 Å². The lowest BCUT2D eigenvalue weighted by Gasteiger charge is -2.29. The van der Waals surface area contributed by atoms with E-state index in [9.17, 15) is 14.7 Å². The summed E-state index contributed by atoms with van der Waals surface area (Å²) in [7, 11) is 0. The van der Waals surface area contributed by atoms with Crippen LogP contribution >= 0.6 is 0 Å². The Hall–Kier alpha value is -1.88. The van der Waals surface area contributed by atoms with Crippen molar-refractivity contribution in [3.63, 3.8) is 0 Å². The van der Waals surface area contributed by atoms with Gasteiger partial charge >= 0.3 is 0 Å². The monoisotopic (exact) mass is 278 g/mol. The molecule has 1 rings (SSSR count). The molecule has 3 N–H and O–H groups in total. The molecule has 110 valence electrons. The van der Waals surface area contributed by atoms with E-state index in [-0.39, 0.29) is 18.4 Å². The SMILES string of the molecule is CCC(C)C(C)(O)CNC(=O)c1ccc(NC=O)cc1. The van der Waals surface area contributed by atoms with Crippen molar-refractivity contribution < 1.29 is 14.7 Å². The van der Waals surface area contributed by atoms with Crippen LogP contribution in [0, 0.1) is 5.92 Å². The maximum Gasteiger partial charge on any atom is 0.251 e. The van der Waals surface area contributed by atoms with Crippen molar-refractivity contribution in [2.24, 2.45) is 5.92 Å². The molecule has 0 saturated carbocycles. The van der Waals surface area contributed by atoms with Gasteiger partial charge in [-0.05, 0) is 37.1 Å². The lowest BCUT2D eigenvalue weighted by atomic mass is 9.88. The normalized spacial score (nSPS) is 15.0. The van der Waals surface area contributed by atoms with Gasteiger partial charge in [0.1, 0.15) is 0 Å². The molecule has 0 aromatic heterocycles. The van der Waals surface area contributed by atoms with E-state index >= 15 is 0 Å². The van der Waals surface area contributed by atoms with Gasteiger partial charge in [0.2, 0.25) is 6.41 Å². The maximum absolute atomic E-state index is 12.0. The number of nitrogens with one attached hydrogen (secondary N) is 2. The van der Waals surface area contributed by atoms with Crippen molar-refractivity contribution in [1.82, 2.24) is 5.32 Å². The third-order valence-corrected chi connectivity index (χ3v) is 3.65. The number of rotatable bonds is 7. The number of hydrogen-bond donors (Lipinski definition) is 3. The van der Waals surface area contributed by atoms with Crippen molar-refractivity contribution in [2.75, 3.05) is 11.9 Å². The zero-order chi connectivity index (χ0) is 15.2. The first kappa shape index (κ1) is 16.2. The van der Waals surface area contributed by atoms with Crippen LogP contribution in [0.4, 0.5) is 5.69 Å². The Labute approximate surface area is 119 Å². The second-order valence-electron chi connectivity index (χ2n) is 5.19. The molecule has 1 aromatic rings. The average molecular weight is 278 g/mol. The Morgan fingerprint density at radius 1 is 1.40 bits per heavy atom. The first-order valence-corrected chi connectivity index (χ1v) is 6.71. The number of benzene rings is 1. The Bertz CT molecular complexity index is 455. The number of carbonyl (C=O) groups excluding carboxylic acids is 2. The van der Waals surface area contributed by atoms with E-state index in [2.05, 4.69) is 10.6 Å². The molecule has 0 aliphatic rings. The van der Waals surface area contributed by atoms with Crippen LogP contribution in [0.5, 0.6) is 0 Å². The van der Waals surface area contributed by atoms with E-state index in [1.54, 1.807) is 31.2 Å². The summed E-state index contributed by atoms with van der Waals surface area (Å²) in [5, 5.41) is 15.5. The summed E-state index contributed by atoms with van der Waals surface area (Å²) in [4.78, 5) is 22.2. The molecule has 0 bridgehead atoms. The van der Waals surface area contributed by atoms with Crippen LogP contribution in [0.25, 0.3) is 0 Å². The van der Waals surface area contributed by atoms with Gasteiger partial charge in [0, 0.05) is 17.8 Å². The van der Waals surface area contributed by atoms with Gasteiger partial charge in [-0.3, -0.25) is 9.59 Å². The van der Waals surface area contributed by atoms with Gasteiger partial charge in [-0.25, -0.2) is 0 Å². The smallest absolute Gasteiger partial charge is 0.251 e. The summed E-state index contributed by atoms with van der Waals surface area (Å²) in [5.74, 6) is -0.145. The zero-order valence-corrected chi connectivity index (χ0v) is 12.1. The summed E-state index contributed by atoms with van der Waals surface area (Å²) >= 11 is 0. The van der Waals surface area contributed by atoms with Crippen molar-refractivity contribution in [1.29, 1.82) is 0 Å². The molecule has 5 heteroatoms. The second-order valence-corrected chi connectivity index (χ2v) is 5.19. The molecule has 2 unspecified atom stereocenters. The molecule has 5 nitrogen and oxygen atoms in total. The summed E-state index contributed by atoms with van der Waals surface area (Å²) in [6, 6.07) is 6.55. The highest BCUT2D eigenvalue weighted by Gasteiger charge is 2.27. The lowest BCUT2D eigenvalue weighted by Crippen LogP contribution is -2.45. The van der Waals surface area contributed by atoms with Crippen LogP contribution in [-0.4, -0.2) is 29.6 Å². The summed E-state index contributed by atoms with van der Waals surface area (Å²) in [5.41, 5.74) is 0.188. The number of hydrogen-bond acceptors (Lipinski definition) is 3. The van der Waals surface area contributed by atoms with Crippen LogP contribution in [0.2, 0.25) is 0 Å². The fourth-order valence-electron chi connectivity index (χ4n) is 1.76. The third-order valence-electron chi connectivity index (χ3n) is 3.65. The molecular formula is C15H22N2O3. The quantitative estimate of drug-likeness (QED) is 0.665. The van der Waals surface area contributed by atoms with E-state index in [0.717, 1.165) is 6.42 Å². The predicted octanol–water partition coefficient (Wildman–Crippen LogP) is 1.78. The van der Waals surface area contributed by atoms with E-state index in [0.29, 0.717) is 17.7 Å². The molecule has 0 saturated heterocycles. The molecule has 0 radical (unpaired) electrons. The fourth-order valence-corrected chi connectivity index (χ4v) is 1.76. The Kier molecular flexibility index (Phi) is 5.70. The first-order chi connectivity index (χ1) is 9.40. The largest absolute Gasteiger partial charge is 0.388 e. The minimum atomic E-state index is -0.927. The number of anilines is 1. The number of aliphatic hydroxyl groups is 1. The van der Waals surface area contributed by atoms with Crippen LogP contribution < -0.4 is 10.6 Å². The van der Waals surface area contributed by atoms with Gasteiger partial charge < -0.3 is 15.7 Å². The Morgan fingerprint density at radius 2 is 2.00 bits per heavy atom. The van der Waals surface area contributed by atoms with Gasteiger partial charge in [0.15, 0.2) is 0 Å². The molecular weight excluding hydrogens is 256 g/mol. The molecule has 0 aliphatic carbocycles. The average Bonchev–Trinajstić information content (AvgIpc) is 2.45. The summed E-state index contributed by atoms with van der Waals surface area (Å²) in [6.45, 7) is 5.87. The van der Waals surface area contributed by atoms with Crippen molar-refractivity contribution in [2.45, 2.75) is 32.8 Å². The molecule has 0 heterocycles. The number of amides is 2. The van der Waals surface area contributed by atoms with Crippen molar-refractivity contribution >= 4 is 18.0 Å². The molecule has 2 atom stereocenters. The second kappa shape index (κ2) is 7.05. The van der Waals surface area contributed by atoms with Crippen molar-refractivity contribution in [3.8, 4) is 0 Å². The summed E-state index contributed by atoms with van der Waals surface area (Å²) in [6.07, 6.45) is 1.42. The van der Waals surface area contributed by atoms with Gasteiger partial charge in [-0.1, -0.05) is 20.3 Å². The Morgan fingerprint density at radius 3 is 2.50 bits per heavy atom. The highest BCUT2D eigenvalue weighted by Crippen LogP contribution is 2.19. The van der Waals surface area contributed by atoms with Crippen LogP contribution in [0.15, 0.2) is 24.3 Å². The standard InChI is InChI=1S/C15H22N2O3/c1-4-11(2)15(3,20)9-16-14(19)12-5-7-13(8-6-12)17-10-18/h5-8,10-11,20H,4,9H2,1-3H3,(H,16,19)(H,17,18). The first-order valence-electron chi connectivity index (χ1n) is 6.71. The van der Waals surface area contributed by atoms with Crippen LogP contribution in [-0.2, 0) is 4.79 Å². The van der Waals surface area contributed by atoms with E-state index in [1.807, 2.05) is 13.8 Å². The van der Waals surface area contributed by atoms with E-state index < -0.39 is 5.60 Å². The van der Waals surface area contributed by atoms with Gasteiger partial charge in [0.25, 0.3) is 5.91 Å².